The molecule has 0 unspecified atom stereocenters. The summed E-state index contributed by atoms with van der Waals surface area (Å²) in [5.74, 6) is -0.269. The van der Waals surface area contributed by atoms with Crippen LogP contribution in [0.15, 0.2) is 59.5 Å². The predicted molar refractivity (Wildman–Crippen MR) is 144 cm³/mol. The highest BCUT2D eigenvalue weighted by Gasteiger charge is 2.31. The first kappa shape index (κ1) is 23.6. The van der Waals surface area contributed by atoms with Crippen LogP contribution in [-0.2, 0) is 13.0 Å². The van der Waals surface area contributed by atoms with Gasteiger partial charge in [0.05, 0.1) is 11.7 Å². The zero-order valence-electron chi connectivity index (χ0n) is 20.5. The number of fused-ring (bicyclic) bond motifs is 2. The molecule has 188 valence electrons. The summed E-state index contributed by atoms with van der Waals surface area (Å²) in [6, 6.07) is 14.4. The summed E-state index contributed by atoms with van der Waals surface area (Å²) in [5.41, 5.74) is 2.95. The third kappa shape index (κ3) is 4.56. The van der Waals surface area contributed by atoms with Gasteiger partial charge in [0.25, 0.3) is 17.4 Å². The Hall–Kier alpha value is -3.82. The summed E-state index contributed by atoms with van der Waals surface area (Å²) in [5, 5.41) is 4.89. The third-order valence-corrected chi connectivity index (χ3v) is 8.21. The van der Waals surface area contributed by atoms with Gasteiger partial charge >= 0.3 is 0 Å². The van der Waals surface area contributed by atoms with Crippen LogP contribution in [0.4, 0.5) is 5.13 Å². The number of benzene rings is 2. The molecule has 9 heteroatoms. The molecule has 1 atom stereocenters. The van der Waals surface area contributed by atoms with E-state index in [1.54, 1.807) is 36.5 Å². The van der Waals surface area contributed by atoms with E-state index in [9.17, 15) is 14.4 Å². The molecule has 0 bridgehead atoms. The van der Waals surface area contributed by atoms with Crippen molar-refractivity contribution in [1.82, 2.24) is 19.8 Å². The van der Waals surface area contributed by atoms with Crippen LogP contribution in [0.3, 0.4) is 0 Å². The average Bonchev–Trinajstić information content (AvgIpc) is 3.55. The summed E-state index contributed by atoms with van der Waals surface area (Å²) in [6.07, 6.45) is 4.20. The lowest BCUT2D eigenvalue weighted by molar-refractivity contribution is 0.0736. The Bertz CT molecular complexity index is 1580. The van der Waals surface area contributed by atoms with Crippen molar-refractivity contribution < 1.29 is 9.59 Å². The van der Waals surface area contributed by atoms with Gasteiger partial charge in [-0.3, -0.25) is 19.7 Å². The minimum Gasteiger partial charge on any atom is -0.332 e. The Balaban J connectivity index is 1.21. The smallest absolute Gasteiger partial charge is 0.257 e. The number of hydrogen-bond donors (Lipinski definition) is 2. The van der Waals surface area contributed by atoms with Crippen LogP contribution < -0.4 is 10.9 Å². The molecule has 2 amide bonds. The summed E-state index contributed by atoms with van der Waals surface area (Å²) in [7, 11) is 2.09. The number of likely N-dealkylation sites (N-methyl/N-ethyl adjacent to an activating group) is 1. The minimum absolute atomic E-state index is 0.0714. The van der Waals surface area contributed by atoms with Gasteiger partial charge in [-0.15, -0.1) is 11.3 Å². The van der Waals surface area contributed by atoms with Crippen molar-refractivity contribution in [2.75, 3.05) is 25.5 Å². The number of amides is 2. The molecule has 8 nitrogen and oxygen atoms in total. The zero-order chi connectivity index (χ0) is 25.5. The predicted octanol–water partition coefficient (Wildman–Crippen LogP) is 4.20. The number of rotatable bonds is 4. The summed E-state index contributed by atoms with van der Waals surface area (Å²) in [4.78, 5) is 51.2. The first-order valence-electron chi connectivity index (χ1n) is 12.5. The van der Waals surface area contributed by atoms with Crippen molar-refractivity contribution >= 4 is 39.1 Å². The van der Waals surface area contributed by atoms with Gasteiger partial charge in [0, 0.05) is 53.6 Å². The van der Waals surface area contributed by atoms with Crippen molar-refractivity contribution in [2.45, 2.75) is 31.8 Å². The molecule has 4 aromatic rings. The van der Waals surface area contributed by atoms with E-state index in [0.29, 0.717) is 28.2 Å². The van der Waals surface area contributed by atoms with E-state index < -0.39 is 0 Å². The first-order chi connectivity index (χ1) is 18.0. The molecule has 0 spiro atoms. The van der Waals surface area contributed by atoms with E-state index in [-0.39, 0.29) is 23.4 Å². The van der Waals surface area contributed by atoms with Crippen molar-refractivity contribution in [3.8, 4) is 0 Å². The monoisotopic (exact) mass is 513 g/mol. The minimum atomic E-state index is -0.197. The molecule has 2 aliphatic heterocycles. The van der Waals surface area contributed by atoms with E-state index in [2.05, 4.69) is 27.2 Å². The van der Waals surface area contributed by atoms with E-state index in [1.165, 1.54) is 16.2 Å². The molecule has 2 aromatic heterocycles. The summed E-state index contributed by atoms with van der Waals surface area (Å²) < 4.78 is 0. The largest absolute Gasteiger partial charge is 0.332 e. The van der Waals surface area contributed by atoms with Crippen LogP contribution in [-0.4, -0.2) is 51.7 Å². The number of nitrogens with zero attached hydrogens (tertiary/aromatic N) is 3. The van der Waals surface area contributed by atoms with E-state index in [1.807, 2.05) is 23.1 Å². The lowest BCUT2D eigenvalue weighted by atomic mass is 10.0. The summed E-state index contributed by atoms with van der Waals surface area (Å²) in [6.45, 7) is 2.48. The molecule has 2 aliphatic rings. The van der Waals surface area contributed by atoms with Crippen molar-refractivity contribution in [3.63, 3.8) is 0 Å². The second-order valence-corrected chi connectivity index (χ2v) is 10.8. The van der Waals surface area contributed by atoms with Gasteiger partial charge < -0.3 is 14.8 Å². The van der Waals surface area contributed by atoms with Crippen LogP contribution in [0.1, 0.15) is 55.7 Å². The van der Waals surface area contributed by atoms with E-state index in [0.717, 1.165) is 49.0 Å². The lowest BCUT2D eigenvalue weighted by Crippen LogP contribution is -2.30. The molecule has 6 rings (SSSR count). The maximum atomic E-state index is 13.5. The number of carbonyl (C=O) groups is 2. The lowest BCUT2D eigenvalue weighted by Gasteiger charge is -2.25. The molecule has 2 N–H and O–H groups in total. The molecule has 1 saturated heterocycles. The summed E-state index contributed by atoms with van der Waals surface area (Å²) >= 11 is 1.54. The molecule has 4 heterocycles. The normalized spacial score (nSPS) is 17.6. The first-order valence-corrected chi connectivity index (χ1v) is 13.3. The standard InChI is InChI=1S/C28H27N5O3S/c1-32-13-10-22-24(16-32)37-28(30-22)31-25(34)19-5-2-4-18(15-19)23-6-3-12-33(23)27(36)20-7-8-21-17(14-20)9-11-29-26(21)35/h2,4-5,7-9,11,14-15,23H,3,6,10,12-13,16H2,1H3,(H,29,35)(H,30,31,34)/t23-/m1/s1. The quantitative estimate of drug-likeness (QED) is 0.426. The Morgan fingerprint density at radius 3 is 2.89 bits per heavy atom. The topological polar surface area (TPSA) is 98.4 Å². The van der Waals surface area contributed by atoms with Crippen LogP contribution in [0, 0.1) is 0 Å². The van der Waals surface area contributed by atoms with Crippen molar-refractivity contribution in [1.29, 1.82) is 0 Å². The highest BCUT2D eigenvalue weighted by molar-refractivity contribution is 7.15. The molecule has 0 aliphatic carbocycles. The highest BCUT2D eigenvalue weighted by atomic mass is 32.1. The molecular formula is C28H27N5O3S. The van der Waals surface area contributed by atoms with Crippen LogP contribution >= 0.6 is 11.3 Å². The number of H-pyrrole nitrogens is 1. The maximum absolute atomic E-state index is 13.5. The van der Waals surface area contributed by atoms with Gasteiger partial charge in [0.15, 0.2) is 5.13 Å². The molecule has 0 saturated carbocycles. The highest BCUT2D eigenvalue weighted by Crippen LogP contribution is 2.34. The van der Waals surface area contributed by atoms with Crippen LogP contribution in [0.2, 0.25) is 0 Å². The van der Waals surface area contributed by atoms with Crippen LogP contribution in [0.25, 0.3) is 10.8 Å². The number of nitrogens with one attached hydrogen (secondary N) is 2. The van der Waals surface area contributed by atoms with Gasteiger partial charge in [-0.1, -0.05) is 12.1 Å². The number of likely N-dealkylation sites (tertiary alicyclic amines) is 1. The van der Waals surface area contributed by atoms with E-state index in [4.69, 9.17) is 0 Å². The average molecular weight is 514 g/mol. The number of aromatic amines is 1. The number of pyridine rings is 1. The molecule has 1 fully saturated rings. The Morgan fingerprint density at radius 1 is 1.11 bits per heavy atom. The third-order valence-electron chi connectivity index (χ3n) is 7.21. The fourth-order valence-corrected chi connectivity index (χ4v) is 6.36. The molecular weight excluding hydrogens is 486 g/mol. The molecule has 2 aromatic carbocycles. The Kier molecular flexibility index (Phi) is 6.10. The molecule has 0 radical (unpaired) electrons. The van der Waals surface area contributed by atoms with Gasteiger partial charge in [0.1, 0.15) is 0 Å². The number of carbonyl (C=O) groups excluding carboxylic acids is 2. The van der Waals surface area contributed by atoms with Crippen molar-refractivity contribution in [3.05, 3.63) is 92.3 Å². The second-order valence-electron chi connectivity index (χ2n) is 9.72. The molecule has 37 heavy (non-hydrogen) atoms. The number of thiazole rings is 1. The number of hydrogen-bond acceptors (Lipinski definition) is 6. The van der Waals surface area contributed by atoms with Gasteiger partial charge in [-0.05, 0) is 67.2 Å². The Labute approximate surface area is 217 Å². The number of anilines is 1. The van der Waals surface area contributed by atoms with E-state index >= 15 is 0 Å². The van der Waals surface area contributed by atoms with Gasteiger partial charge in [0.2, 0.25) is 0 Å². The SMILES string of the molecule is CN1CCc2nc(NC(=O)c3cccc([C@H]4CCCN4C(=O)c4ccc5c(=O)[nH]ccc5c4)c3)sc2C1. The van der Waals surface area contributed by atoms with Crippen molar-refractivity contribution in [2.24, 2.45) is 0 Å². The second kappa shape index (κ2) is 9.57. The van der Waals surface area contributed by atoms with Crippen LogP contribution in [0.5, 0.6) is 0 Å². The Morgan fingerprint density at radius 2 is 2.00 bits per heavy atom. The zero-order valence-corrected chi connectivity index (χ0v) is 21.3. The maximum Gasteiger partial charge on any atom is 0.257 e. The van der Waals surface area contributed by atoms with Gasteiger partial charge in [-0.25, -0.2) is 4.98 Å². The number of aromatic nitrogens is 2. The fraction of sp³-hybridized carbons (Fsp3) is 0.286. The fourth-order valence-electron chi connectivity index (χ4n) is 5.28. The van der Waals surface area contributed by atoms with Gasteiger partial charge in [-0.2, -0.15) is 0 Å².